The van der Waals surface area contributed by atoms with Gasteiger partial charge >= 0.3 is 0 Å². The summed E-state index contributed by atoms with van der Waals surface area (Å²) in [5, 5.41) is 2.08. The van der Waals surface area contributed by atoms with Gasteiger partial charge in [0, 0.05) is 18.0 Å². The Hall–Kier alpha value is -3.06. The topological polar surface area (TPSA) is 63.0 Å². The molecule has 36 heavy (non-hydrogen) atoms. The van der Waals surface area contributed by atoms with Crippen molar-refractivity contribution in [2.75, 3.05) is 26.2 Å². The van der Waals surface area contributed by atoms with Crippen molar-refractivity contribution in [2.24, 2.45) is 5.92 Å². The van der Waals surface area contributed by atoms with Crippen molar-refractivity contribution >= 4 is 23.2 Å². The molecule has 1 aliphatic rings. The Morgan fingerprint density at radius 2 is 1.94 bits per heavy atom. The second-order valence-electron chi connectivity index (χ2n) is 9.86. The molecule has 0 N–H and O–H groups in total. The predicted molar refractivity (Wildman–Crippen MR) is 143 cm³/mol. The molecule has 0 aliphatic carbocycles. The third-order valence-corrected chi connectivity index (χ3v) is 7.94. The highest BCUT2D eigenvalue weighted by Crippen LogP contribution is 2.34. The molecule has 1 aromatic carbocycles. The van der Waals surface area contributed by atoms with Crippen molar-refractivity contribution < 1.29 is 18.7 Å². The first-order valence-electron chi connectivity index (χ1n) is 12.8. The molecular formula is C29H36N2O4S. The van der Waals surface area contributed by atoms with E-state index in [9.17, 15) is 9.59 Å². The Labute approximate surface area is 217 Å². The highest BCUT2D eigenvalue weighted by atomic mass is 32.1. The van der Waals surface area contributed by atoms with Crippen LogP contribution in [0.2, 0.25) is 0 Å². The lowest BCUT2D eigenvalue weighted by Crippen LogP contribution is -2.48. The minimum atomic E-state index is -0.250. The molecule has 0 unspecified atom stereocenters. The third-order valence-electron chi connectivity index (χ3n) is 6.94. The molecule has 0 saturated heterocycles. The Balaban J connectivity index is 1.51. The largest absolute Gasteiger partial charge is 0.491 e. The molecule has 0 bridgehead atoms. The quantitative estimate of drug-likeness (QED) is 0.329. The molecule has 192 valence electrons. The second kappa shape index (κ2) is 11.8. The number of hydrogen-bond acceptors (Lipinski definition) is 5. The van der Waals surface area contributed by atoms with Crippen LogP contribution in [0.25, 0.3) is 0 Å². The number of benzene rings is 1. The average molecular weight is 509 g/mol. The maximum Gasteiger partial charge on any atom is 0.290 e. The summed E-state index contributed by atoms with van der Waals surface area (Å²) >= 11 is 1.73. The smallest absolute Gasteiger partial charge is 0.290 e. The van der Waals surface area contributed by atoms with Crippen LogP contribution in [-0.2, 0) is 11.2 Å². The van der Waals surface area contributed by atoms with Crippen LogP contribution in [0.4, 0.5) is 0 Å². The molecule has 1 aliphatic heterocycles. The molecule has 3 heterocycles. The Bertz CT molecular complexity index is 1140. The van der Waals surface area contributed by atoms with E-state index in [1.807, 2.05) is 17.0 Å². The fraction of sp³-hybridized carbons (Fsp3) is 0.448. The molecule has 2 atom stereocenters. The first-order chi connectivity index (χ1) is 17.4. The van der Waals surface area contributed by atoms with Gasteiger partial charge in [0.2, 0.25) is 5.91 Å². The minimum absolute atomic E-state index is 0.0168. The average Bonchev–Trinajstić information content (AvgIpc) is 3.59. The van der Waals surface area contributed by atoms with Gasteiger partial charge in [-0.25, -0.2) is 0 Å². The fourth-order valence-corrected chi connectivity index (χ4v) is 5.46. The van der Waals surface area contributed by atoms with Gasteiger partial charge in [-0.2, -0.15) is 0 Å². The molecule has 0 spiro atoms. The van der Waals surface area contributed by atoms with Gasteiger partial charge in [0.1, 0.15) is 18.9 Å². The normalized spacial score (nSPS) is 16.0. The second-order valence-corrected chi connectivity index (χ2v) is 10.9. The lowest BCUT2D eigenvalue weighted by atomic mass is 10.00. The van der Waals surface area contributed by atoms with Crippen LogP contribution in [0.5, 0.6) is 5.75 Å². The van der Waals surface area contributed by atoms with E-state index in [1.165, 1.54) is 16.7 Å². The summed E-state index contributed by atoms with van der Waals surface area (Å²) in [4.78, 5) is 31.6. The number of nitrogens with zero attached hydrogens (tertiary/aromatic N) is 2. The number of carbonyl (C=O) groups excluding carboxylic acids is 2. The zero-order valence-electron chi connectivity index (χ0n) is 21.6. The number of ether oxygens (including phenoxy) is 1. The van der Waals surface area contributed by atoms with Gasteiger partial charge in [-0.05, 0) is 65.1 Å². The molecular weight excluding hydrogens is 472 g/mol. The molecule has 4 rings (SSSR count). The van der Waals surface area contributed by atoms with Crippen molar-refractivity contribution in [3.8, 4) is 5.75 Å². The summed E-state index contributed by atoms with van der Waals surface area (Å²) in [5.74, 6) is 1.46. The van der Waals surface area contributed by atoms with Gasteiger partial charge in [0.05, 0.1) is 12.3 Å². The van der Waals surface area contributed by atoms with E-state index in [4.69, 9.17) is 9.15 Å². The Morgan fingerprint density at radius 3 is 2.61 bits per heavy atom. The number of rotatable bonds is 10. The van der Waals surface area contributed by atoms with E-state index in [-0.39, 0.29) is 36.1 Å². The van der Waals surface area contributed by atoms with E-state index < -0.39 is 0 Å². The monoisotopic (exact) mass is 508 g/mol. The highest BCUT2D eigenvalue weighted by Gasteiger charge is 2.34. The number of carbonyl (C=O) groups is 2. The van der Waals surface area contributed by atoms with Crippen LogP contribution in [0.3, 0.4) is 0 Å². The van der Waals surface area contributed by atoms with E-state index in [0.717, 1.165) is 24.2 Å². The molecule has 0 radical (unpaired) electrons. The van der Waals surface area contributed by atoms with Crippen molar-refractivity contribution in [3.05, 3.63) is 75.9 Å². The Kier molecular flexibility index (Phi) is 8.52. The van der Waals surface area contributed by atoms with Gasteiger partial charge in [-0.15, -0.1) is 11.3 Å². The van der Waals surface area contributed by atoms with Crippen LogP contribution in [-0.4, -0.2) is 47.9 Å². The van der Waals surface area contributed by atoms with Crippen molar-refractivity contribution in [1.82, 2.24) is 9.80 Å². The fourth-order valence-electron chi connectivity index (χ4n) is 4.53. The van der Waals surface area contributed by atoms with Crippen LogP contribution >= 0.6 is 11.3 Å². The standard InChI is InChI=1S/C29H36N2O4S/c1-5-21(4)17-30(29(33)26-7-6-15-34-26)18-28(32)31-14-12-27-24(13-16-36-27)25(31)19-35-23-10-8-22(9-11-23)20(2)3/h6-11,13,15-16,20-21,25H,5,12,14,17-19H2,1-4H3/t21-,25-/m1/s1. The van der Waals surface area contributed by atoms with Gasteiger partial charge in [0.25, 0.3) is 5.91 Å². The lowest BCUT2D eigenvalue weighted by Gasteiger charge is -2.37. The maximum atomic E-state index is 13.7. The van der Waals surface area contributed by atoms with Crippen molar-refractivity contribution in [3.63, 3.8) is 0 Å². The molecule has 3 aromatic rings. The summed E-state index contributed by atoms with van der Waals surface area (Å²) in [6, 6.07) is 13.4. The highest BCUT2D eigenvalue weighted by molar-refractivity contribution is 7.10. The molecule has 2 amide bonds. The molecule has 2 aromatic heterocycles. The molecule has 6 nitrogen and oxygen atoms in total. The molecule has 0 fully saturated rings. The summed E-state index contributed by atoms with van der Waals surface area (Å²) in [6.07, 6.45) is 3.22. The van der Waals surface area contributed by atoms with Crippen LogP contribution < -0.4 is 4.74 Å². The predicted octanol–water partition coefficient (Wildman–Crippen LogP) is 6.16. The van der Waals surface area contributed by atoms with Crippen molar-refractivity contribution in [2.45, 2.75) is 52.5 Å². The summed E-state index contributed by atoms with van der Waals surface area (Å²) in [5.41, 5.74) is 2.41. The summed E-state index contributed by atoms with van der Waals surface area (Å²) < 4.78 is 11.5. The first kappa shape index (κ1) is 26.0. The molecule has 7 heteroatoms. The van der Waals surface area contributed by atoms with Crippen molar-refractivity contribution in [1.29, 1.82) is 0 Å². The zero-order chi connectivity index (χ0) is 25.7. The SMILES string of the molecule is CC[C@@H](C)CN(CC(=O)N1CCc2sccc2[C@H]1COc1ccc(C(C)C)cc1)C(=O)c1ccco1. The van der Waals surface area contributed by atoms with Gasteiger partial charge in [-0.1, -0.05) is 46.2 Å². The van der Waals surface area contributed by atoms with Crippen LogP contribution in [0, 0.1) is 5.92 Å². The number of fused-ring (bicyclic) bond motifs is 1. The van der Waals surface area contributed by atoms with Gasteiger partial charge < -0.3 is 19.0 Å². The van der Waals surface area contributed by atoms with E-state index in [0.29, 0.717) is 25.6 Å². The van der Waals surface area contributed by atoms with E-state index >= 15 is 0 Å². The summed E-state index contributed by atoms with van der Waals surface area (Å²) in [7, 11) is 0. The lowest BCUT2D eigenvalue weighted by molar-refractivity contribution is -0.135. The van der Waals surface area contributed by atoms with Gasteiger partial charge in [-0.3, -0.25) is 9.59 Å². The number of amides is 2. The Morgan fingerprint density at radius 1 is 1.17 bits per heavy atom. The zero-order valence-corrected chi connectivity index (χ0v) is 22.4. The third kappa shape index (κ3) is 6.01. The van der Waals surface area contributed by atoms with E-state index in [2.05, 4.69) is 51.3 Å². The van der Waals surface area contributed by atoms with E-state index in [1.54, 1.807) is 28.4 Å². The van der Waals surface area contributed by atoms with Crippen LogP contribution in [0.15, 0.2) is 58.5 Å². The first-order valence-corrected chi connectivity index (χ1v) is 13.7. The number of thiophene rings is 1. The minimum Gasteiger partial charge on any atom is -0.491 e. The maximum absolute atomic E-state index is 13.7. The summed E-state index contributed by atoms with van der Waals surface area (Å²) in [6.45, 7) is 10.0. The number of furan rings is 1. The van der Waals surface area contributed by atoms with Crippen LogP contribution in [0.1, 0.15) is 72.6 Å². The molecule has 0 saturated carbocycles. The number of hydrogen-bond donors (Lipinski definition) is 0. The van der Waals surface area contributed by atoms with Gasteiger partial charge in [0.15, 0.2) is 5.76 Å².